The van der Waals surface area contributed by atoms with Gasteiger partial charge in [0.15, 0.2) is 0 Å². The molecule has 1 aromatic rings. The first kappa shape index (κ1) is 14.8. The Kier molecular flexibility index (Phi) is 5.21. The molecule has 0 bridgehead atoms. The van der Waals surface area contributed by atoms with Crippen molar-refractivity contribution < 1.29 is 9.47 Å². The van der Waals surface area contributed by atoms with Crippen molar-refractivity contribution in [3.63, 3.8) is 0 Å². The van der Waals surface area contributed by atoms with Crippen molar-refractivity contribution in [2.24, 2.45) is 11.8 Å². The van der Waals surface area contributed by atoms with Crippen LogP contribution in [0.4, 0.5) is 0 Å². The van der Waals surface area contributed by atoms with Crippen LogP contribution in [0.5, 0.6) is 5.75 Å². The second kappa shape index (κ2) is 6.70. The number of hydrogen-bond donors (Lipinski definition) is 2. The van der Waals surface area contributed by atoms with Crippen LogP contribution in [0.3, 0.4) is 0 Å². The summed E-state index contributed by atoms with van der Waals surface area (Å²) in [6, 6.07) is 6.24. The highest BCUT2D eigenvalue weighted by molar-refractivity contribution is 9.10. The molecule has 1 fully saturated rings. The van der Waals surface area contributed by atoms with Gasteiger partial charge in [-0.1, -0.05) is 13.0 Å². The Morgan fingerprint density at radius 2 is 2.37 bits per heavy atom. The zero-order valence-electron chi connectivity index (χ0n) is 11.4. The van der Waals surface area contributed by atoms with Gasteiger partial charge < -0.3 is 9.47 Å². The lowest BCUT2D eigenvalue weighted by Gasteiger charge is -2.25. The lowest BCUT2D eigenvalue weighted by Crippen LogP contribution is -2.47. The second-order valence-corrected chi connectivity index (χ2v) is 5.90. The minimum absolute atomic E-state index is 0.137. The van der Waals surface area contributed by atoms with Crippen molar-refractivity contribution in [2.45, 2.75) is 31.9 Å². The van der Waals surface area contributed by atoms with E-state index in [1.807, 2.05) is 6.07 Å². The average molecular weight is 329 g/mol. The molecule has 1 aliphatic rings. The first-order chi connectivity index (χ1) is 9.15. The molecule has 0 saturated carbocycles. The summed E-state index contributed by atoms with van der Waals surface area (Å²) < 4.78 is 12.0. The molecule has 1 heterocycles. The predicted molar refractivity (Wildman–Crippen MR) is 79.0 cm³/mol. The number of halogens is 1. The molecule has 0 aliphatic carbocycles. The zero-order chi connectivity index (χ0) is 13.8. The molecule has 3 atom stereocenters. The fourth-order valence-corrected chi connectivity index (χ4v) is 3.18. The van der Waals surface area contributed by atoms with Crippen molar-refractivity contribution in [1.82, 2.24) is 5.43 Å². The number of benzene rings is 1. The van der Waals surface area contributed by atoms with E-state index < -0.39 is 0 Å². The molecule has 19 heavy (non-hydrogen) atoms. The summed E-state index contributed by atoms with van der Waals surface area (Å²) in [5.41, 5.74) is 4.11. The number of hydrazine groups is 1. The summed E-state index contributed by atoms with van der Waals surface area (Å²) >= 11 is 3.51. The molecule has 0 radical (unpaired) electrons. The first-order valence-corrected chi connectivity index (χ1v) is 7.35. The first-order valence-electron chi connectivity index (χ1n) is 6.56. The third-order valence-electron chi connectivity index (χ3n) is 3.73. The van der Waals surface area contributed by atoms with E-state index in [-0.39, 0.29) is 12.1 Å². The topological polar surface area (TPSA) is 56.5 Å². The van der Waals surface area contributed by atoms with Crippen LogP contribution in [0.2, 0.25) is 0 Å². The number of hydrogen-bond acceptors (Lipinski definition) is 4. The van der Waals surface area contributed by atoms with Gasteiger partial charge in [0, 0.05) is 6.61 Å². The summed E-state index contributed by atoms with van der Waals surface area (Å²) in [6.07, 6.45) is 2.13. The molecule has 4 nitrogen and oxygen atoms in total. The highest BCUT2D eigenvalue weighted by atomic mass is 79.9. The fourth-order valence-electron chi connectivity index (χ4n) is 2.59. The van der Waals surface area contributed by atoms with Crippen LogP contribution in [-0.2, 0) is 11.2 Å². The van der Waals surface area contributed by atoms with Gasteiger partial charge in [-0.3, -0.25) is 11.3 Å². The molecular weight excluding hydrogens is 308 g/mol. The quantitative estimate of drug-likeness (QED) is 0.643. The largest absolute Gasteiger partial charge is 0.496 e. The van der Waals surface area contributed by atoms with E-state index in [4.69, 9.17) is 15.3 Å². The van der Waals surface area contributed by atoms with Gasteiger partial charge in [0.1, 0.15) is 5.75 Å². The van der Waals surface area contributed by atoms with Gasteiger partial charge in [-0.05, 0) is 52.4 Å². The fraction of sp³-hybridized carbons (Fsp3) is 0.571. The molecule has 1 aromatic carbocycles. The number of ether oxygens (including phenoxy) is 2. The monoisotopic (exact) mass is 328 g/mol. The highest BCUT2D eigenvalue weighted by Gasteiger charge is 2.31. The third-order valence-corrected chi connectivity index (χ3v) is 4.35. The molecule has 0 spiro atoms. The zero-order valence-corrected chi connectivity index (χ0v) is 12.9. The standard InChI is InChI=1S/C14H21BrN2O2/c1-9-5-6-19-14(9)12(17-16)8-10-3-4-13(18-2)11(15)7-10/h3-4,7,9,12,14,17H,5-6,8,16H2,1-2H3. The lowest BCUT2D eigenvalue weighted by molar-refractivity contribution is 0.0610. The van der Waals surface area contributed by atoms with E-state index in [2.05, 4.69) is 40.4 Å². The Labute approximate surface area is 122 Å². The van der Waals surface area contributed by atoms with Gasteiger partial charge >= 0.3 is 0 Å². The van der Waals surface area contributed by atoms with Gasteiger partial charge in [0.25, 0.3) is 0 Å². The minimum atomic E-state index is 0.137. The molecule has 0 amide bonds. The number of nitrogens with one attached hydrogen (secondary N) is 1. The minimum Gasteiger partial charge on any atom is -0.496 e. The normalized spacial score (nSPS) is 24.4. The molecule has 3 unspecified atom stereocenters. The van der Waals surface area contributed by atoms with Crippen LogP contribution in [0.1, 0.15) is 18.9 Å². The lowest BCUT2D eigenvalue weighted by atomic mass is 9.93. The maximum absolute atomic E-state index is 5.79. The Morgan fingerprint density at radius 3 is 2.89 bits per heavy atom. The van der Waals surface area contributed by atoms with Gasteiger partial charge in [-0.15, -0.1) is 0 Å². The number of rotatable bonds is 5. The molecule has 2 rings (SSSR count). The van der Waals surface area contributed by atoms with Gasteiger partial charge in [0.2, 0.25) is 0 Å². The predicted octanol–water partition coefficient (Wildman–Crippen LogP) is 2.26. The summed E-state index contributed by atoms with van der Waals surface area (Å²) in [5, 5.41) is 0. The van der Waals surface area contributed by atoms with Crippen LogP contribution in [0.15, 0.2) is 22.7 Å². The van der Waals surface area contributed by atoms with Crippen molar-refractivity contribution in [1.29, 1.82) is 0 Å². The summed E-state index contributed by atoms with van der Waals surface area (Å²) in [5.74, 6) is 7.07. The van der Waals surface area contributed by atoms with E-state index in [9.17, 15) is 0 Å². The van der Waals surface area contributed by atoms with Crippen molar-refractivity contribution in [3.05, 3.63) is 28.2 Å². The molecule has 1 saturated heterocycles. The van der Waals surface area contributed by atoms with Crippen LogP contribution in [0, 0.1) is 5.92 Å². The van der Waals surface area contributed by atoms with Crippen molar-refractivity contribution in [2.75, 3.05) is 13.7 Å². The molecule has 1 aliphatic heterocycles. The Balaban J connectivity index is 2.07. The highest BCUT2D eigenvalue weighted by Crippen LogP contribution is 2.28. The van der Waals surface area contributed by atoms with E-state index in [0.29, 0.717) is 5.92 Å². The van der Waals surface area contributed by atoms with Gasteiger partial charge in [-0.2, -0.15) is 0 Å². The molecule has 3 N–H and O–H groups in total. The van der Waals surface area contributed by atoms with E-state index in [1.165, 1.54) is 5.56 Å². The Hall–Kier alpha value is -0.620. The smallest absolute Gasteiger partial charge is 0.133 e. The van der Waals surface area contributed by atoms with E-state index in [1.54, 1.807) is 7.11 Å². The van der Waals surface area contributed by atoms with Gasteiger partial charge in [-0.25, -0.2) is 0 Å². The van der Waals surface area contributed by atoms with Crippen molar-refractivity contribution in [3.8, 4) is 5.75 Å². The third kappa shape index (κ3) is 3.48. The number of nitrogens with two attached hydrogens (primary N) is 1. The maximum atomic E-state index is 5.79. The SMILES string of the molecule is COc1ccc(CC(NN)C2OCCC2C)cc1Br. The Morgan fingerprint density at radius 1 is 1.58 bits per heavy atom. The van der Waals surface area contributed by atoms with Crippen molar-refractivity contribution >= 4 is 15.9 Å². The molecule has 106 valence electrons. The molecule has 0 aromatic heterocycles. The molecular formula is C14H21BrN2O2. The maximum Gasteiger partial charge on any atom is 0.133 e. The van der Waals surface area contributed by atoms with Crippen LogP contribution >= 0.6 is 15.9 Å². The number of methoxy groups -OCH3 is 1. The molecule has 5 heteroatoms. The van der Waals surface area contributed by atoms with E-state index in [0.717, 1.165) is 29.7 Å². The second-order valence-electron chi connectivity index (χ2n) is 5.05. The van der Waals surface area contributed by atoms with E-state index >= 15 is 0 Å². The van der Waals surface area contributed by atoms with Crippen LogP contribution < -0.4 is 16.0 Å². The average Bonchev–Trinajstić information content (AvgIpc) is 2.82. The summed E-state index contributed by atoms with van der Waals surface area (Å²) in [6.45, 7) is 3.04. The summed E-state index contributed by atoms with van der Waals surface area (Å²) in [7, 11) is 1.66. The Bertz CT molecular complexity index is 428. The summed E-state index contributed by atoms with van der Waals surface area (Å²) in [4.78, 5) is 0. The van der Waals surface area contributed by atoms with Crippen LogP contribution in [0.25, 0.3) is 0 Å². The van der Waals surface area contributed by atoms with Crippen LogP contribution in [-0.4, -0.2) is 25.9 Å². The van der Waals surface area contributed by atoms with Gasteiger partial charge in [0.05, 0.1) is 23.7 Å².